The molecule has 0 heterocycles. The fraction of sp³-hybridized carbons (Fsp3) is 0.818. The number of hydrogen-bond acceptors (Lipinski definition) is 4. The lowest BCUT2D eigenvalue weighted by molar-refractivity contribution is -0.127. The first-order valence-electron chi connectivity index (χ1n) is 5.63. The molecule has 1 aliphatic carbocycles. The summed E-state index contributed by atoms with van der Waals surface area (Å²) in [5, 5.41) is 11.5. The molecule has 0 radical (unpaired) electrons. The molecule has 1 aliphatic rings. The fourth-order valence-electron chi connectivity index (χ4n) is 2.04. The molecule has 90 valence electrons. The summed E-state index contributed by atoms with van der Waals surface area (Å²) in [7, 11) is 1.50. The van der Waals surface area contributed by atoms with Gasteiger partial charge in [0.15, 0.2) is 0 Å². The van der Waals surface area contributed by atoms with Crippen LogP contribution in [0, 0.1) is 17.2 Å². The van der Waals surface area contributed by atoms with Crippen LogP contribution in [-0.4, -0.2) is 31.7 Å². The van der Waals surface area contributed by atoms with E-state index in [0.29, 0.717) is 0 Å². The number of amides is 1. The minimum absolute atomic E-state index is 0.0735. The number of nitrogens with zero attached hydrogens (tertiary/aromatic N) is 1. The van der Waals surface area contributed by atoms with Crippen molar-refractivity contribution in [3.05, 3.63) is 0 Å². The highest BCUT2D eigenvalue weighted by atomic mass is 16.5. The molecular formula is C11H19N3O2. The Morgan fingerprint density at radius 3 is 2.88 bits per heavy atom. The van der Waals surface area contributed by atoms with Gasteiger partial charge in [0, 0.05) is 13.2 Å². The summed E-state index contributed by atoms with van der Waals surface area (Å²) in [4.78, 5) is 11.9. The van der Waals surface area contributed by atoms with Crippen LogP contribution in [0.1, 0.15) is 25.7 Å². The first-order chi connectivity index (χ1) is 7.69. The Morgan fingerprint density at radius 1 is 1.62 bits per heavy atom. The van der Waals surface area contributed by atoms with E-state index in [1.807, 2.05) is 6.07 Å². The third kappa shape index (κ3) is 3.47. The summed E-state index contributed by atoms with van der Waals surface area (Å²) in [5.74, 6) is -0.266. The highest BCUT2D eigenvalue weighted by Crippen LogP contribution is 2.23. The van der Waals surface area contributed by atoms with Crippen molar-refractivity contribution in [1.29, 1.82) is 5.26 Å². The van der Waals surface area contributed by atoms with Crippen LogP contribution in [0.2, 0.25) is 0 Å². The maximum atomic E-state index is 11.9. The average Bonchev–Trinajstić information content (AvgIpc) is 2.28. The van der Waals surface area contributed by atoms with Crippen molar-refractivity contribution in [3.8, 4) is 6.07 Å². The number of nitriles is 1. The fourth-order valence-corrected chi connectivity index (χ4v) is 2.04. The van der Waals surface area contributed by atoms with E-state index in [9.17, 15) is 4.79 Å². The Bertz CT molecular complexity index is 275. The van der Waals surface area contributed by atoms with E-state index in [1.54, 1.807) is 0 Å². The lowest BCUT2D eigenvalue weighted by Crippen LogP contribution is -2.47. The second kappa shape index (κ2) is 6.46. The molecule has 5 nitrogen and oxygen atoms in total. The number of nitrogens with one attached hydrogen (secondary N) is 1. The van der Waals surface area contributed by atoms with E-state index in [0.717, 1.165) is 25.7 Å². The zero-order valence-corrected chi connectivity index (χ0v) is 9.61. The maximum Gasteiger partial charge on any atom is 0.225 e. The molecule has 0 unspecified atom stereocenters. The highest BCUT2D eigenvalue weighted by molar-refractivity contribution is 5.80. The van der Waals surface area contributed by atoms with Crippen LogP contribution in [0.25, 0.3) is 0 Å². The van der Waals surface area contributed by atoms with E-state index in [-0.39, 0.29) is 24.5 Å². The standard InChI is InChI=1S/C11H19N3O2/c1-16-7-8(6-12)14-11(15)9-4-2-3-5-10(9)13/h8-10H,2-5,7,13H2,1H3,(H,14,15)/t8-,9-,10+/m1/s1. The van der Waals surface area contributed by atoms with Crippen molar-refractivity contribution < 1.29 is 9.53 Å². The number of nitrogens with two attached hydrogens (primary N) is 1. The summed E-state index contributed by atoms with van der Waals surface area (Å²) >= 11 is 0. The topological polar surface area (TPSA) is 88.1 Å². The van der Waals surface area contributed by atoms with Gasteiger partial charge in [0.05, 0.1) is 18.6 Å². The summed E-state index contributed by atoms with van der Waals surface area (Å²) in [5.41, 5.74) is 5.90. The van der Waals surface area contributed by atoms with Gasteiger partial charge in [-0.25, -0.2) is 0 Å². The van der Waals surface area contributed by atoms with E-state index in [1.165, 1.54) is 7.11 Å². The number of hydrogen-bond donors (Lipinski definition) is 2. The van der Waals surface area contributed by atoms with Gasteiger partial charge in [-0.3, -0.25) is 4.79 Å². The lowest BCUT2D eigenvalue weighted by atomic mass is 9.84. The number of ether oxygens (including phenoxy) is 1. The van der Waals surface area contributed by atoms with Crippen LogP contribution in [-0.2, 0) is 9.53 Å². The van der Waals surface area contributed by atoms with Gasteiger partial charge in [-0.15, -0.1) is 0 Å². The molecule has 5 heteroatoms. The average molecular weight is 225 g/mol. The normalized spacial score (nSPS) is 26.8. The summed E-state index contributed by atoms with van der Waals surface area (Å²) in [6, 6.07) is 1.34. The quantitative estimate of drug-likeness (QED) is 0.713. The molecule has 0 aromatic heterocycles. The predicted octanol–water partition coefficient (Wildman–Crippen LogP) is 0.159. The molecule has 0 aliphatic heterocycles. The molecule has 1 fully saturated rings. The van der Waals surface area contributed by atoms with Gasteiger partial charge in [0.25, 0.3) is 0 Å². The monoisotopic (exact) mass is 225 g/mol. The number of carbonyl (C=O) groups excluding carboxylic acids is 1. The Morgan fingerprint density at radius 2 is 2.31 bits per heavy atom. The zero-order chi connectivity index (χ0) is 12.0. The van der Waals surface area contributed by atoms with Gasteiger partial charge < -0.3 is 15.8 Å². The minimum Gasteiger partial charge on any atom is -0.381 e. The van der Waals surface area contributed by atoms with Crippen molar-refractivity contribution in [2.75, 3.05) is 13.7 Å². The van der Waals surface area contributed by atoms with Crippen molar-refractivity contribution in [2.24, 2.45) is 11.7 Å². The Kier molecular flexibility index (Phi) is 5.23. The molecule has 0 saturated heterocycles. The first kappa shape index (κ1) is 12.9. The highest BCUT2D eigenvalue weighted by Gasteiger charge is 2.29. The molecule has 1 saturated carbocycles. The maximum absolute atomic E-state index is 11.9. The molecule has 0 bridgehead atoms. The largest absolute Gasteiger partial charge is 0.381 e. The number of rotatable bonds is 4. The Hall–Kier alpha value is -1.12. The van der Waals surface area contributed by atoms with Gasteiger partial charge in [-0.05, 0) is 12.8 Å². The second-order valence-electron chi connectivity index (χ2n) is 4.20. The second-order valence-corrected chi connectivity index (χ2v) is 4.20. The van der Waals surface area contributed by atoms with Crippen molar-refractivity contribution in [1.82, 2.24) is 5.32 Å². The minimum atomic E-state index is -0.577. The molecule has 3 N–H and O–H groups in total. The Balaban J connectivity index is 2.47. The molecule has 1 rings (SSSR count). The van der Waals surface area contributed by atoms with Crippen LogP contribution < -0.4 is 11.1 Å². The van der Waals surface area contributed by atoms with Gasteiger partial charge in [-0.1, -0.05) is 12.8 Å². The van der Waals surface area contributed by atoms with E-state index < -0.39 is 6.04 Å². The van der Waals surface area contributed by atoms with Crippen molar-refractivity contribution >= 4 is 5.91 Å². The first-order valence-corrected chi connectivity index (χ1v) is 5.63. The predicted molar refractivity (Wildman–Crippen MR) is 59.4 cm³/mol. The van der Waals surface area contributed by atoms with Crippen LogP contribution >= 0.6 is 0 Å². The van der Waals surface area contributed by atoms with Crippen molar-refractivity contribution in [3.63, 3.8) is 0 Å². The molecule has 0 aromatic carbocycles. The SMILES string of the molecule is COC[C@@H](C#N)NC(=O)[C@@H]1CCCC[C@@H]1N. The van der Waals surface area contributed by atoms with Crippen molar-refractivity contribution in [2.45, 2.75) is 37.8 Å². The van der Waals surface area contributed by atoms with Gasteiger partial charge in [-0.2, -0.15) is 5.26 Å². The van der Waals surface area contributed by atoms with Crippen LogP contribution in [0.3, 0.4) is 0 Å². The molecular weight excluding hydrogens is 206 g/mol. The van der Waals surface area contributed by atoms with Gasteiger partial charge in [0.2, 0.25) is 5.91 Å². The van der Waals surface area contributed by atoms with Crippen LogP contribution in [0.15, 0.2) is 0 Å². The molecule has 0 spiro atoms. The third-order valence-corrected chi connectivity index (χ3v) is 2.96. The van der Waals surface area contributed by atoms with Gasteiger partial charge >= 0.3 is 0 Å². The molecule has 16 heavy (non-hydrogen) atoms. The van der Waals surface area contributed by atoms with Crippen LogP contribution in [0.5, 0.6) is 0 Å². The summed E-state index contributed by atoms with van der Waals surface area (Å²) in [6.07, 6.45) is 3.83. The molecule has 3 atom stereocenters. The number of carbonyl (C=O) groups is 1. The molecule has 1 amide bonds. The molecule has 0 aromatic rings. The van der Waals surface area contributed by atoms with E-state index >= 15 is 0 Å². The summed E-state index contributed by atoms with van der Waals surface area (Å²) in [6.45, 7) is 0.212. The van der Waals surface area contributed by atoms with E-state index in [4.69, 9.17) is 15.7 Å². The Labute approximate surface area is 95.9 Å². The van der Waals surface area contributed by atoms with E-state index in [2.05, 4.69) is 5.32 Å². The third-order valence-electron chi connectivity index (χ3n) is 2.96. The van der Waals surface area contributed by atoms with Gasteiger partial charge in [0.1, 0.15) is 6.04 Å². The number of methoxy groups -OCH3 is 1. The van der Waals surface area contributed by atoms with Crippen LogP contribution in [0.4, 0.5) is 0 Å². The zero-order valence-electron chi connectivity index (χ0n) is 9.61. The smallest absolute Gasteiger partial charge is 0.225 e. The lowest BCUT2D eigenvalue weighted by Gasteiger charge is -2.28. The summed E-state index contributed by atoms with van der Waals surface area (Å²) < 4.78 is 4.84.